The number of nitrogens with zero attached hydrogens (tertiary/aromatic N) is 3. The van der Waals surface area contributed by atoms with E-state index < -0.39 is 11.0 Å². The number of nitro groups is 1. The second-order valence-corrected chi connectivity index (χ2v) is 8.27. The number of alkyl halides is 1. The molecule has 0 bridgehead atoms. The average molecular weight is 414 g/mol. The third kappa shape index (κ3) is 5.79. The molecule has 26 heavy (non-hydrogen) atoms. The Kier molecular flexibility index (Phi) is 7.55. The normalized spacial score (nSPS) is 11.8. The van der Waals surface area contributed by atoms with Gasteiger partial charge in [-0.3, -0.25) is 4.90 Å². The molecule has 2 rings (SSSR count). The van der Waals surface area contributed by atoms with Crippen LogP contribution in [0.3, 0.4) is 0 Å². The number of hydrogen-bond donors (Lipinski definition) is 1. The number of hydrogen-bond acceptors (Lipinski definition) is 6. The van der Waals surface area contributed by atoms with Crippen LogP contribution in [-0.4, -0.2) is 32.9 Å². The highest BCUT2D eigenvalue weighted by Gasteiger charge is 2.18. The monoisotopic (exact) mass is 413 g/mol. The van der Waals surface area contributed by atoms with E-state index in [4.69, 9.17) is 11.6 Å². The number of pyridine rings is 1. The van der Waals surface area contributed by atoms with E-state index in [2.05, 4.69) is 4.98 Å². The lowest BCUT2D eigenvalue weighted by atomic mass is 10.2. The van der Waals surface area contributed by atoms with Gasteiger partial charge in [0.1, 0.15) is 0 Å². The smallest absolute Gasteiger partial charge is 0.411 e. The highest BCUT2D eigenvalue weighted by atomic mass is 35.5. The fourth-order valence-corrected chi connectivity index (χ4v) is 4.20. The van der Waals surface area contributed by atoms with Crippen molar-refractivity contribution < 1.29 is 14.8 Å². The minimum Gasteiger partial charge on any atom is -0.465 e. The molecule has 1 atom stereocenters. The predicted molar refractivity (Wildman–Crippen MR) is 105 cm³/mol. The topological polar surface area (TPSA) is 96.6 Å². The van der Waals surface area contributed by atoms with E-state index in [1.807, 2.05) is 6.92 Å². The molecule has 1 unspecified atom stereocenters. The molecule has 0 saturated carbocycles. The van der Waals surface area contributed by atoms with Gasteiger partial charge in [0.25, 0.3) is 0 Å². The van der Waals surface area contributed by atoms with Gasteiger partial charge < -0.3 is 15.2 Å². The van der Waals surface area contributed by atoms with Gasteiger partial charge in [-0.15, -0.1) is 11.6 Å². The van der Waals surface area contributed by atoms with E-state index in [0.717, 1.165) is 10.5 Å². The van der Waals surface area contributed by atoms with Gasteiger partial charge in [-0.25, -0.2) is 4.79 Å². The molecule has 1 amide bonds. The molecule has 0 spiro atoms. The molecule has 2 aromatic rings. The van der Waals surface area contributed by atoms with E-state index in [0.29, 0.717) is 18.1 Å². The third-order valence-corrected chi connectivity index (χ3v) is 6.46. The zero-order valence-electron chi connectivity index (χ0n) is 13.7. The molecule has 0 saturated heterocycles. The van der Waals surface area contributed by atoms with Crippen LogP contribution in [0.5, 0.6) is 0 Å². The van der Waals surface area contributed by atoms with Crippen LogP contribution in [-0.2, 0) is 5.88 Å². The van der Waals surface area contributed by atoms with Crippen LogP contribution in [0.1, 0.15) is 12.5 Å². The first-order valence-electron chi connectivity index (χ1n) is 7.50. The molecule has 1 heterocycles. The Morgan fingerprint density at radius 1 is 1.35 bits per heavy atom. The summed E-state index contributed by atoms with van der Waals surface area (Å²) in [6.07, 6.45) is 0.403. The zero-order valence-corrected chi connectivity index (χ0v) is 16.1. The SMILES string of the molecule is CC(CN(C(=O)O)c1ccc(CCl)cc1)SSc1ccc([N+](=O)[O-])nc1. The molecule has 0 aliphatic carbocycles. The maximum Gasteiger partial charge on any atom is 0.411 e. The lowest BCUT2D eigenvalue weighted by Crippen LogP contribution is -2.34. The summed E-state index contributed by atoms with van der Waals surface area (Å²) in [5.74, 6) is 0.171. The summed E-state index contributed by atoms with van der Waals surface area (Å²) in [6.45, 7) is 2.22. The Morgan fingerprint density at radius 2 is 2.04 bits per heavy atom. The van der Waals surface area contributed by atoms with Gasteiger partial charge in [0.15, 0.2) is 6.20 Å². The number of amides is 1. The predicted octanol–water partition coefficient (Wildman–Crippen LogP) is 5.04. The molecule has 0 fully saturated rings. The van der Waals surface area contributed by atoms with Crippen molar-refractivity contribution in [2.75, 3.05) is 11.4 Å². The number of rotatable bonds is 8. The molecule has 0 aliphatic heterocycles. The highest BCUT2D eigenvalue weighted by Crippen LogP contribution is 2.35. The van der Waals surface area contributed by atoms with Crippen molar-refractivity contribution in [2.45, 2.75) is 22.9 Å². The summed E-state index contributed by atoms with van der Waals surface area (Å²) >= 11 is 5.75. The minimum absolute atomic E-state index is 0.0148. The molecule has 1 N–H and O–H groups in total. The number of carboxylic acid groups (broad SMARTS) is 1. The van der Waals surface area contributed by atoms with E-state index in [1.165, 1.54) is 38.8 Å². The molecular weight excluding hydrogens is 398 g/mol. The fourth-order valence-electron chi connectivity index (χ4n) is 2.01. The van der Waals surface area contributed by atoms with Crippen molar-refractivity contribution in [2.24, 2.45) is 0 Å². The molecule has 1 aromatic carbocycles. The van der Waals surface area contributed by atoms with E-state index >= 15 is 0 Å². The quantitative estimate of drug-likeness (QED) is 0.280. The van der Waals surface area contributed by atoms with Gasteiger partial charge in [-0.05, 0) is 33.7 Å². The van der Waals surface area contributed by atoms with Gasteiger partial charge >= 0.3 is 11.9 Å². The van der Waals surface area contributed by atoms with Crippen LogP contribution in [0.4, 0.5) is 16.3 Å². The average Bonchev–Trinajstić information content (AvgIpc) is 2.64. The van der Waals surface area contributed by atoms with Crippen molar-refractivity contribution in [1.29, 1.82) is 0 Å². The summed E-state index contributed by atoms with van der Waals surface area (Å²) in [5.41, 5.74) is 1.50. The lowest BCUT2D eigenvalue weighted by Gasteiger charge is -2.22. The van der Waals surface area contributed by atoms with Crippen molar-refractivity contribution in [3.8, 4) is 0 Å². The van der Waals surface area contributed by atoms with Crippen molar-refractivity contribution in [3.05, 3.63) is 58.3 Å². The Morgan fingerprint density at radius 3 is 2.54 bits per heavy atom. The van der Waals surface area contributed by atoms with E-state index in [-0.39, 0.29) is 11.1 Å². The zero-order chi connectivity index (χ0) is 19.1. The molecule has 7 nitrogen and oxygen atoms in total. The van der Waals surface area contributed by atoms with Gasteiger partial charge in [0.05, 0.1) is 4.90 Å². The molecular formula is C16H16ClN3O4S2. The molecule has 1 aromatic heterocycles. The summed E-state index contributed by atoms with van der Waals surface area (Å²) in [5, 5.41) is 20.1. The highest BCUT2D eigenvalue weighted by molar-refractivity contribution is 8.76. The Bertz CT molecular complexity index is 759. The maximum absolute atomic E-state index is 11.6. The standard InChI is InChI=1S/C16H16ClN3O4S2/c1-11(25-26-14-6-7-15(18-9-14)20(23)24)10-19(16(21)22)13-4-2-12(8-17)3-5-13/h2-7,9,11H,8,10H2,1H3,(H,21,22). The van der Waals surface area contributed by atoms with Crippen molar-refractivity contribution in [1.82, 2.24) is 4.98 Å². The first-order valence-corrected chi connectivity index (χ1v) is 10.2. The first-order chi connectivity index (χ1) is 12.4. The molecule has 0 aliphatic rings. The molecule has 10 heteroatoms. The lowest BCUT2D eigenvalue weighted by molar-refractivity contribution is -0.389. The Labute approximate surface area is 163 Å². The third-order valence-electron chi connectivity index (χ3n) is 3.29. The van der Waals surface area contributed by atoms with Crippen LogP contribution in [0.2, 0.25) is 0 Å². The molecule has 138 valence electrons. The second kappa shape index (κ2) is 9.65. The number of anilines is 1. The van der Waals surface area contributed by atoms with Crippen molar-refractivity contribution >= 4 is 50.8 Å². The number of halogens is 1. The minimum atomic E-state index is -1.03. The van der Waals surface area contributed by atoms with E-state index in [1.54, 1.807) is 30.3 Å². The van der Waals surface area contributed by atoms with Gasteiger partial charge in [-0.1, -0.05) is 40.6 Å². The van der Waals surface area contributed by atoms with Crippen LogP contribution in [0, 0.1) is 10.1 Å². The fraction of sp³-hybridized carbons (Fsp3) is 0.250. The largest absolute Gasteiger partial charge is 0.465 e. The van der Waals surface area contributed by atoms with Gasteiger partial charge in [-0.2, -0.15) is 0 Å². The maximum atomic E-state index is 11.6. The Balaban J connectivity index is 1.95. The Hall–Kier alpha value is -1.97. The summed E-state index contributed by atoms with van der Waals surface area (Å²) in [6, 6.07) is 10.0. The van der Waals surface area contributed by atoms with Gasteiger partial charge in [0, 0.05) is 29.4 Å². The van der Waals surface area contributed by atoms with Crippen molar-refractivity contribution in [3.63, 3.8) is 0 Å². The first kappa shape index (κ1) is 20.3. The number of aromatic nitrogens is 1. The number of carbonyl (C=O) groups is 1. The van der Waals surface area contributed by atoms with Gasteiger partial charge in [0.2, 0.25) is 0 Å². The van der Waals surface area contributed by atoms with Crippen LogP contribution < -0.4 is 4.90 Å². The second-order valence-electron chi connectivity index (χ2n) is 5.29. The number of benzene rings is 1. The van der Waals surface area contributed by atoms with Crippen LogP contribution in [0.25, 0.3) is 0 Å². The summed E-state index contributed by atoms with van der Waals surface area (Å²) in [4.78, 5) is 27.4. The summed E-state index contributed by atoms with van der Waals surface area (Å²) < 4.78 is 0. The summed E-state index contributed by atoms with van der Waals surface area (Å²) in [7, 11) is 2.87. The van der Waals surface area contributed by atoms with E-state index in [9.17, 15) is 20.0 Å². The van der Waals surface area contributed by atoms with Crippen LogP contribution in [0.15, 0.2) is 47.5 Å². The molecule has 0 radical (unpaired) electrons. The van der Waals surface area contributed by atoms with Crippen LogP contribution >= 0.6 is 33.2 Å².